The molecule has 1 N–H and O–H groups in total. The van der Waals surface area contributed by atoms with Gasteiger partial charge in [-0.05, 0) is 36.4 Å². The summed E-state index contributed by atoms with van der Waals surface area (Å²) in [6.45, 7) is 4.21. The maximum absolute atomic E-state index is 5.95. The molecule has 1 fully saturated rings. The third-order valence-corrected chi connectivity index (χ3v) is 4.55. The second-order valence-corrected chi connectivity index (χ2v) is 6.03. The zero-order valence-corrected chi connectivity index (χ0v) is 13.8. The molecule has 1 aliphatic rings. The van der Waals surface area contributed by atoms with Crippen molar-refractivity contribution in [2.75, 3.05) is 40.3 Å². The predicted molar refractivity (Wildman–Crippen MR) is 90.6 cm³/mol. The van der Waals surface area contributed by atoms with E-state index >= 15 is 0 Å². The van der Waals surface area contributed by atoms with Crippen LogP contribution in [0.2, 0.25) is 0 Å². The molecule has 0 bridgehead atoms. The average Bonchev–Trinajstić information content (AvgIpc) is 3.05. The fourth-order valence-electron chi connectivity index (χ4n) is 2.61. The van der Waals surface area contributed by atoms with Gasteiger partial charge in [0.1, 0.15) is 16.5 Å². The topological polar surface area (TPSA) is 30.1 Å². The lowest BCUT2D eigenvalue weighted by atomic mass is 10.2. The van der Waals surface area contributed by atoms with Gasteiger partial charge < -0.3 is 19.0 Å². The summed E-state index contributed by atoms with van der Waals surface area (Å²) in [5, 5.41) is 0. The Hall–Kier alpha value is -1.85. The summed E-state index contributed by atoms with van der Waals surface area (Å²) in [4.78, 5) is 4.60. The van der Waals surface area contributed by atoms with Crippen LogP contribution in [0.25, 0.3) is 11.3 Å². The van der Waals surface area contributed by atoms with Crippen LogP contribution in [0, 0.1) is 0 Å². The van der Waals surface area contributed by atoms with Gasteiger partial charge in [-0.3, -0.25) is 0 Å². The molecular formula is C17H21N2O2S+. The van der Waals surface area contributed by atoms with Crippen LogP contribution < -0.4 is 9.64 Å². The number of ether oxygens (including phenoxy) is 1. The number of nitrogens with zero attached hydrogens (tertiary/aromatic N) is 1. The Bertz CT molecular complexity index is 643. The number of piperazine rings is 1. The van der Waals surface area contributed by atoms with E-state index in [0.717, 1.165) is 54.0 Å². The molecule has 0 radical (unpaired) electrons. The van der Waals surface area contributed by atoms with E-state index in [1.165, 1.54) is 0 Å². The van der Waals surface area contributed by atoms with Crippen molar-refractivity contribution in [1.82, 2.24) is 4.90 Å². The number of benzene rings is 1. The summed E-state index contributed by atoms with van der Waals surface area (Å²) in [6, 6.07) is 11.8. The minimum Gasteiger partial charge on any atom is -0.497 e. The predicted octanol–water partition coefficient (Wildman–Crippen LogP) is 1.46. The number of quaternary nitrogens is 1. The summed E-state index contributed by atoms with van der Waals surface area (Å²) in [7, 11) is 3.88. The first kappa shape index (κ1) is 15.1. The van der Waals surface area contributed by atoms with Gasteiger partial charge >= 0.3 is 0 Å². The highest BCUT2D eigenvalue weighted by molar-refractivity contribution is 7.80. The second-order valence-electron chi connectivity index (χ2n) is 5.64. The lowest BCUT2D eigenvalue weighted by Gasteiger charge is -2.31. The molecule has 3 rings (SSSR count). The molecule has 5 heteroatoms. The van der Waals surface area contributed by atoms with Gasteiger partial charge in [0.25, 0.3) is 0 Å². The third-order valence-electron chi connectivity index (χ3n) is 4.10. The number of furan rings is 1. The number of hydrogen-bond donors (Lipinski definition) is 1. The summed E-state index contributed by atoms with van der Waals surface area (Å²) in [6.07, 6.45) is 0. The molecule has 0 unspecified atom stereocenters. The molecule has 22 heavy (non-hydrogen) atoms. The van der Waals surface area contributed by atoms with E-state index in [2.05, 4.69) is 11.9 Å². The third kappa shape index (κ3) is 3.15. The van der Waals surface area contributed by atoms with Gasteiger partial charge in [0.2, 0.25) is 0 Å². The maximum atomic E-state index is 5.95. The van der Waals surface area contributed by atoms with Crippen molar-refractivity contribution >= 4 is 17.2 Å². The average molecular weight is 317 g/mol. The molecule has 0 atom stereocenters. The molecule has 2 heterocycles. The van der Waals surface area contributed by atoms with Gasteiger partial charge in [-0.2, -0.15) is 0 Å². The van der Waals surface area contributed by atoms with E-state index in [0.29, 0.717) is 0 Å². The number of likely N-dealkylation sites (N-methyl/N-ethyl adjacent to an activating group) is 1. The fourth-order valence-corrected chi connectivity index (χ4v) is 2.90. The van der Waals surface area contributed by atoms with Gasteiger partial charge in [-0.1, -0.05) is 12.2 Å². The van der Waals surface area contributed by atoms with Crippen LogP contribution >= 0.6 is 12.2 Å². The summed E-state index contributed by atoms with van der Waals surface area (Å²) in [5.74, 6) is 2.45. The first-order valence-corrected chi connectivity index (χ1v) is 7.93. The molecule has 0 amide bonds. The Morgan fingerprint density at radius 3 is 2.45 bits per heavy atom. The Morgan fingerprint density at radius 1 is 1.14 bits per heavy atom. The Morgan fingerprint density at radius 2 is 1.82 bits per heavy atom. The van der Waals surface area contributed by atoms with Gasteiger partial charge in [-0.25, -0.2) is 0 Å². The van der Waals surface area contributed by atoms with Crippen LogP contribution in [0.5, 0.6) is 5.75 Å². The van der Waals surface area contributed by atoms with E-state index < -0.39 is 0 Å². The highest BCUT2D eigenvalue weighted by Gasteiger charge is 2.21. The van der Waals surface area contributed by atoms with Crippen LogP contribution in [0.1, 0.15) is 5.76 Å². The van der Waals surface area contributed by atoms with Crippen molar-refractivity contribution in [2.24, 2.45) is 0 Å². The minimum absolute atomic E-state index is 0.778. The fraction of sp³-hybridized carbons (Fsp3) is 0.353. The number of methoxy groups -OCH3 is 1. The van der Waals surface area contributed by atoms with Crippen LogP contribution in [-0.2, 0) is 0 Å². The van der Waals surface area contributed by atoms with Gasteiger partial charge in [0.15, 0.2) is 5.76 Å². The Balaban J connectivity index is 1.73. The summed E-state index contributed by atoms with van der Waals surface area (Å²) in [5.41, 5.74) is 1.03. The summed E-state index contributed by atoms with van der Waals surface area (Å²) >= 11 is 5.58. The molecule has 1 aromatic heterocycles. The van der Waals surface area contributed by atoms with Crippen molar-refractivity contribution < 1.29 is 14.1 Å². The monoisotopic (exact) mass is 317 g/mol. The smallest absolute Gasteiger partial charge is 0.162 e. The van der Waals surface area contributed by atoms with E-state index in [1.54, 1.807) is 12.0 Å². The van der Waals surface area contributed by atoms with Crippen LogP contribution in [-0.4, -0.2) is 50.2 Å². The Labute approximate surface area is 136 Å². The Kier molecular flexibility index (Phi) is 4.45. The van der Waals surface area contributed by atoms with E-state index in [9.17, 15) is 0 Å². The number of thiocarbonyl (C=S) groups is 1. The number of rotatable bonds is 3. The standard InChI is InChI=1S/C17H20N2O2S/c1-18-9-11-19(12-10-18)17(22)16-8-7-15(21-16)13-3-5-14(20-2)6-4-13/h3-8H,9-12H2,1-2H3/p+1. The molecule has 1 saturated heterocycles. The quantitative estimate of drug-likeness (QED) is 0.868. The van der Waals surface area contributed by atoms with Crippen LogP contribution in [0.15, 0.2) is 40.8 Å². The van der Waals surface area contributed by atoms with Crippen molar-refractivity contribution in [2.45, 2.75) is 0 Å². The molecule has 1 aromatic carbocycles. The first-order valence-electron chi connectivity index (χ1n) is 7.52. The lowest BCUT2D eigenvalue weighted by Crippen LogP contribution is -3.12. The van der Waals surface area contributed by atoms with Crippen LogP contribution in [0.3, 0.4) is 0 Å². The SMILES string of the molecule is COc1ccc(-c2ccc(C(=S)N3CC[NH+](C)CC3)o2)cc1. The molecule has 0 saturated carbocycles. The van der Waals surface area contributed by atoms with Crippen molar-refractivity contribution in [3.8, 4) is 17.1 Å². The van der Waals surface area contributed by atoms with E-state index in [4.69, 9.17) is 21.4 Å². The molecule has 0 spiro atoms. The normalized spacial score (nSPS) is 15.8. The highest BCUT2D eigenvalue weighted by atomic mass is 32.1. The number of hydrogen-bond acceptors (Lipinski definition) is 3. The highest BCUT2D eigenvalue weighted by Crippen LogP contribution is 2.25. The second kappa shape index (κ2) is 6.50. The first-order chi connectivity index (χ1) is 10.7. The zero-order chi connectivity index (χ0) is 15.5. The molecule has 0 aliphatic carbocycles. The zero-order valence-electron chi connectivity index (χ0n) is 13.0. The molecular weight excluding hydrogens is 296 g/mol. The minimum atomic E-state index is 0.778. The lowest BCUT2D eigenvalue weighted by molar-refractivity contribution is -0.883. The van der Waals surface area contributed by atoms with Crippen molar-refractivity contribution in [1.29, 1.82) is 0 Å². The van der Waals surface area contributed by atoms with Crippen molar-refractivity contribution in [3.05, 3.63) is 42.2 Å². The van der Waals surface area contributed by atoms with E-state index in [-0.39, 0.29) is 0 Å². The molecule has 116 valence electrons. The van der Waals surface area contributed by atoms with Gasteiger partial charge in [0.05, 0.1) is 40.3 Å². The molecule has 2 aromatic rings. The largest absolute Gasteiger partial charge is 0.497 e. The molecule has 1 aliphatic heterocycles. The van der Waals surface area contributed by atoms with Crippen LogP contribution in [0.4, 0.5) is 0 Å². The summed E-state index contributed by atoms with van der Waals surface area (Å²) < 4.78 is 11.1. The van der Waals surface area contributed by atoms with Crippen molar-refractivity contribution in [3.63, 3.8) is 0 Å². The van der Waals surface area contributed by atoms with Gasteiger partial charge in [0, 0.05) is 5.56 Å². The molecule has 4 nitrogen and oxygen atoms in total. The van der Waals surface area contributed by atoms with E-state index in [1.807, 2.05) is 36.4 Å². The maximum Gasteiger partial charge on any atom is 0.162 e. The van der Waals surface area contributed by atoms with Gasteiger partial charge in [-0.15, -0.1) is 0 Å². The number of nitrogens with one attached hydrogen (secondary N) is 1.